The van der Waals surface area contributed by atoms with E-state index in [1.807, 2.05) is 0 Å². The number of carbonyl (C=O) groups is 1. The quantitative estimate of drug-likeness (QED) is 0.866. The minimum Gasteiger partial charge on any atom is -0.465 e. The summed E-state index contributed by atoms with van der Waals surface area (Å²) < 4.78 is 0. The third-order valence-corrected chi connectivity index (χ3v) is 3.90. The van der Waals surface area contributed by atoms with Gasteiger partial charge in [0.15, 0.2) is 0 Å². The number of fused-ring (bicyclic) bond motifs is 1. The molecular formula is C17H17NO2. The molecule has 2 aromatic rings. The molecule has 3 rings (SSSR count). The van der Waals surface area contributed by atoms with Crippen molar-refractivity contribution in [3.63, 3.8) is 0 Å². The molecule has 0 saturated heterocycles. The van der Waals surface area contributed by atoms with Crippen molar-refractivity contribution < 1.29 is 9.90 Å². The van der Waals surface area contributed by atoms with Crippen molar-refractivity contribution in [2.24, 2.45) is 0 Å². The minimum atomic E-state index is -0.953. The first-order valence-corrected chi connectivity index (χ1v) is 6.83. The standard InChI is InChI=1S/C17H17NO2/c1-11-2-4-12(5-3-11)13-6-8-15-14(10-13)7-9-16(15)18-17(19)20/h2-6,8,10,16,18H,7,9H2,1H3,(H,19,20). The van der Waals surface area contributed by atoms with E-state index in [-0.39, 0.29) is 6.04 Å². The molecule has 102 valence electrons. The molecule has 2 aromatic carbocycles. The molecular weight excluding hydrogens is 250 g/mol. The topological polar surface area (TPSA) is 49.3 Å². The Kier molecular flexibility index (Phi) is 3.18. The van der Waals surface area contributed by atoms with Crippen LogP contribution in [-0.4, -0.2) is 11.2 Å². The Hall–Kier alpha value is -2.29. The van der Waals surface area contributed by atoms with Crippen molar-refractivity contribution >= 4 is 6.09 Å². The second-order valence-electron chi connectivity index (χ2n) is 5.32. The summed E-state index contributed by atoms with van der Waals surface area (Å²) in [6.07, 6.45) is 0.823. The van der Waals surface area contributed by atoms with E-state index in [0.29, 0.717) is 0 Å². The second kappa shape index (κ2) is 5.00. The third-order valence-electron chi connectivity index (χ3n) is 3.90. The van der Waals surface area contributed by atoms with Crippen LogP contribution in [-0.2, 0) is 6.42 Å². The predicted octanol–water partition coefficient (Wildman–Crippen LogP) is 3.92. The summed E-state index contributed by atoms with van der Waals surface area (Å²) in [4.78, 5) is 10.8. The Morgan fingerprint density at radius 2 is 1.85 bits per heavy atom. The summed E-state index contributed by atoms with van der Waals surface area (Å²) in [5.74, 6) is 0. The Morgan fingerprint density at radius 3 is 2.55 bits per heavy atom. The average Bonchev–Trinajstić information content (AvgIpc) is 2.81. The van der Waals surface area contributed by atoms with E-state index in [0.717, 1.165) is 18.4 Å². The van der Waals surface area contributed by atoms with Gasteiger partial charge in [-0.1, -0.05) is 48.0 Å². The molecule has 1 aliphatic carbocycles. The van der Waals surface area contributed by atoms with Crippen LogP contribution in [0.5, 0.6) is 0 Å². The van der Waals surface area contributed by atoms with Crippen molar-refractivity contribution in [1.29, 1.82) is 0 Å². The number of nitrogens with one attached hydrogen (secondary N) is 1. The summed E-state index contributed by atoms with van der Waals surface area (Å²) >= 11 is 0. The lowest BCUT2D eigenvalue weighted by atomic mass is 9.99. The van der Waals surface area contributed by atoms with Crippen LogP contribution in [0.4, 0.5) is 4.79 Å². The fraction of sp³-hybridized carbons (Fsp3) is 0.235. The highest BCUT2D eigenvalue weighted by Crippen LogP contribution is 2.34. The normalized spacial score (nSPS) is 16.8. The van der Waals surface area contributed by atoms with Gasteiger partial charge in [0.05, 0.1) is 6.04 Å². The molecule has 0 heterocycles. The first kappa shape index (κ1) is 12.7. The van der Waals surface area contributed by atoms with Crippen molar-refractivity contribution in [1.82, 2.24) is 5.32 Å². The third kappa shape index (κ3) is 2.39. The summed E-state index contributed by atoms with van der Waals surface area (Å²) in [5, 5.41) is 11.4. The van der Waals surface area contributed by atoms with Crippen molar-refractivity contribution in [3.05, 3.63) is 59.2 Å². The van der Waals surface area contributed by atoms with Gasteiger partial charge in [0.1, 0.15) is 0 Å². The first-order valence-electron chi connectivity index (χ1n) is 6.83. The zero-order chi connectivity index (χ0) is 14.1. The van der Waals surface area contributed by atoms with E-state index in [2.05, 4.69) is 54.7 Å². The molecule has 2 N–H and O–H groups in total. The second-order valence-corrected chi connectivity index (χ2v) is 5.32. The van der Waals surface area contributed by atoms with Crippen molar-refractivity contribution in [2.45, 2.75) is 25.8 Å². The number of hydrogen-bond acceptors (Lipinski definition) is 1. The maximum absolute atomic E-state index is 10.8. The minimum absolute atomic E-state index is 0.0606. The van der Waals surface area contributed by atoms with E-state index in [1.54, 1.807) is 0 Å². The van der Waals surface area contributed by atoms with Gasteiger partial charge in [-0.25, -0.2) is 4.79 Å². The Balaban J connectivity index is 1.91. The maximum Gasteiger partial charge on any atom is 0.405 e. The molecule has 0 radical (unpaired) electrons. The van der Waals surface area contributed by atoms with Gasteiger partial charge in [0.2, 0.25) is 0 Å². The molecule has 3 nitrogen and oxygen atoms in total. The smallest absolute Gasteiger partial charge is 0.405 e. The summed E-state index contributed by atoms with van der Waals surface area (Å²) in [6, 6.07) is 14.7. The SMILES string of the molecule is Cc1ccc(-c2ccc3c(c2)CCC3NC(=O)O)cc1. The number of aryl methyl sites for hydroxylation is 2. The lowest BCUT2D eigenvalue weighted by Gasteiger charge is -2.12. The van der Waals surface area contributed by atoms with E-state index >= 15 is 0 Å². The van der Waals surface area contributed by atoms with Crippen LogP contribution in [0.3, 0.4) is 0 Å². The molecule has 0 fully saturated rings. The van der Waals surface area contributed by atoms with Crippen LogP contribution < -0.4 is 5.32 Å². The first-order chi connectivity index (χ1) is 9.63. The van der Waals surface area contributed by atoms with Crippen molar-refractivity contribution in [2.75, 3.05) is 0 Å². The molecule has 3 heteroatoms. The molecule has 1 unspecified atom stereocenters. The Morgan fingerprint density at radius 1 is 1.15 bits per heavy atom. The number of carboxylic acid groups (broad SMARTS) is 1. The molecule has 0 aliphatic heterocycles. The van der Waals surface area contributed by atoms with E-state index in [9.17, 15) is 4.79 Å². The maximum atomic E-state index is 10.8. The molecule has 20 heavy (non-hydrogen) atoms. The Bertz CT molecular complexity index is 647. The zero-order valence-electron chi connectivity index (χ0n) is 11.4. The van der Waals surface area contributed by atoms with Crippen LogP contribution in [0.2, 0.25) is 0 Å². The highest BCUT2D eigenvalue weighted by atomic mass is 16.4. The van der Waals surface area contributed by atoms with Gasteiger partial charge in [0.25, 0.3) is 0 Å². The van der Waals surface area contributed by atoms with Gasteiger partial charge < -0.3 is 10.4 Å². The number of amides is 1. The van der Waals surface area contributed by atoms with Gasteiger partial charge in [-0.3, -0.25) is 0 Å². The molecule has 0 aromatic heterocycles. The highest BCUT2D eigenvalue weighted by Gasteiger charge is 2.23. The van der Waals surface area contributed by atoms with E-state index in [1.165, 1.54) is 22.3 Å². The molecule has 0 spiro atoms. The van der Waals surface area contributed by atoms with Gasteiger partial charge in [-0.15, -0.1) is 0 Å². The molecule has 1 aliphatic rings. The van der Waals surface area contributed by atoms with Crippen LogP contribution in [0.15, 0.2) is 42.5 Å². The monoisotopic (exact) mass is 267 g/mol. The van der Waals surface area contributed by atoms with Gasteiger partial charge in [0, 0.05) is 0 Å². The average molecular weight is 267 g/mol. The molecule has 1 amide bonds. The highest BCUT2D eigenvalue weighted by molar-refractivity contribution is 5.68. The Labute approximate surface area is 118 Å². The van der Waals surface area contributed by atoms with E-state index in [4.69, 9.17) is 5.11 Å². The lowest BCUT2D eigenvalue weighted by molar-refractivity contribution is 0.190. The van der Waals surface area contributed by atoms with Crippen LogP contribution in [0.1, 0.15) is 29.2 Å². The van der Waals surface area contributed by atoms with Crippen LogP contribution >= 0.6 is 0 Å². The van der Waals surface area contributed by atoms with Crippen molar-refractivity contribution in [3.8, 4) is 11.1 Å². The number of rotatable bonds is 2. The van der Waals surface area contributed by atoms with Gasteiger partial charge >= 0.3 is 6.09 Å². The predicted molar refractivity (Wildman–Crippen MR) is 78.8 cm³/mol. The largest absolute Gasteiger partial charge is 0.465 e. The zero-order valence-corrected chi connectivity index (χ0v) is 11.4. The fourth-order valence-electron chi connectivity index (χ4n) is 2.84. The number of hydrogen-bond donors (Lipinski definition) is 2. The molecule has 1 atom stereocenters. The van der Waals surface area contributed by atoms with Gasteiger partial charge in [-0.2, -0.15) is 0 Å². The summed E-state index contributed by atoms with van der Waals surface area (Å²) in [6.45, 7) is 2.08. The molecule has 0 saturated carbocycles. The van der Waals surface area contributed by atoms with Crippen LogP contribution in [0, 0.1) is 6.92 Å². The van der Waals surface area contributed by atoms with Gasteiger partial charge in [-0.05, 0) is 42.0 Å². The van der Waals surface area contributed by atoms with Crippen LogP contribution in [0.25, 0.3) is 11.1 Å². The number of benzene rings is 2. The lowest BCUT2D eigenvalue weighted by Crippen LogP contribution is -2.24. The summed E-state index contributed by atoms with van der Waals surface area (Å²) in [5.41, 5.74) is 6.01. The molecule has 0 bridgehead atoms. The summed E-state index contributed by atoms with van der Waals surface area (Å²) in [7, 11) is 0. The van der Waals surface area contributed by atoms with E-state index < -0.39 is 6.09 Å². The fourth-order valence-corrected chi connectivity index (χ4v) is 2.84.